The van der Waals surface area contributed by atoms with Crippen molar-refractivity contribution in [1.82, 2.24) is 9.78 Å². The van der Waals surface area contributed by atoms with E-state index in [4.69, 9.17) is 0 Å². The molecule has 0 saturated heterocycles. The maximum atomic E-state index is 10.9. The molecule has 0 bridgehead atoms. The molecule has 0 amide bonds. The van der Waals surface area contributed by atoms with Crippen molar-refractivity contribution in [3.8, 4) is 17.1 Å². The van der Waals surface area contributed by atoms with Crippen LogP contribution in [0.4, 0.5) is 22.7 Å². The van der Waals surface area contributed by atoms with E-state index in [2.05, 4.69) is 51.5 Å². The molecular weight excluding hydrogens is 460 g/mol. The minimum Gasteiger partial charge on any atom is -0.492 e. The fraction of sp³-hybridized carbons (Fsp3) is 0.300. The second-order valence-electron chi connectivity index (χ2n) is 10.5. The predicted octanol–water partition coefficient (Wildman–Crippen LogP) is 9.43. The summed E-state index contributed by atoms with van der Waals surface area (Å²) in [4.78, 5) is 0. The summed E-state index contributed by atoms with van der Waals surface area (Å²) in [6.45, 7) is 10.4. The molecule has 37 heavy (non-hydrogen) atoms. The Morgan fingerprint density at radius 1 is 0.757 bits per heavy atom. The van der Waals surface area contributed by atoms with Crippen LogP contribution in [0.2, 0.25) is 0 Å². The molecule has 0 radical (unpaired) electrons. The maximum Gasteiger partial charge on any atom is 0.239 e. The Kier molecular flexibility index (Phi) is 7.92. The van der Waals surface area contributed by atoms with Crippen molar-refractivity contribution in [1.29, 1.82) is 0 Å². The lowest BCUT2D eigenvalue weighted by molar-refractivity contribution is 0.296. The molecule has 7 nitrogen and oxygen atoms in total. The zero-order chi connectivity index (χ0) is 26.4. The van der Waals surface area contributed by atoms with Crippen LogP contribution in [0.3, 0.4) is 0 Å². The molecule has 0 atom stereocenters. The lowest BCUT2D eigenvalue weighted by Gasteiger charge is -2.19. The second kappa shape index (κ2) is 11.3. The second-order valence-corrected chi connectivity index (χ2v) is 10.5. The van der Waals surface area contributed by atoms with Crippen molar-refractivity contribution in [2.75, 3.05) is 0 Å². The van der Waals surface area contributed by atoms with Gasteiger partial charge in [0, 0.05) is 5.56 Å². The molecule has 4 aromatic rings. The molecule has 0 saturated carbocycles. The van der Waals surface area contributed by atoms with Crippen LogP contribution in [0.25, 0.3) is 11.3 Å². The van der Waals surface area contributed by atoms with Crippen LogP contribution in [0.5, 0.6) is 5.88 Å². The average Bonchev–Trinajstić information content (AvgIpc) is 3.23. The third-order valence-electron chi connectivity index (χ3n) is 5.86. The zero-order valence-electron chi connectivity index (χ0n) is 22.1. The first-order valence-electron chi connectivity index (χ1n) is 12.6. The van der Waals surface area contributed by atoms with Crippen LogP contribution in [-0.4, -0.2) is 14.9 Å². The summed E-state index contributed by atoms with van der Waals surface area (Å²) in [6.07, 6.45) is 2.25. The number of azo groups is 2. The molecule has 0 spiro atoms. The van der Waals surface area contributed by atoms with Crippen molar-refractivity contribution in [3.63, 3.8) is 0 Å². The fourth-order valence-electron chi connectivity index (χ4n) is 3.74. The summed E-state index contributed by atoms with van der Waals surface area (Å²) in [7, 11) is 0. The smallest absolute Gasteiger partial charge is 0.239 e. The predicted molar refractivity (Wildman–Crippen MR) is 149 cm³/mol. The Labute approximate surface area is 218 Å². The van der Waals surface area contributed by atoms with Gasteiger partial charge in [-0.3, -0.25) is 0 Å². The van der Waals surface area contributed by atoms with Crippen LogP contribution in [0.15, 0.2) is 99.3 Å². The molecular formula is C30H34N6O. The van der Waals surface area contributed by atoms with Gasteiger partial charge in [0.15, 0.2) is 5.69 Å². The number of nitrogens with zero attached hydrogens (tertiary/aromatic N) is 6. The van der Waals surface area contributed by atoms with Gasteiger partial charge in [-0.25, -0.2) is 4.68 Å². The molecule has 0 unspecified atom stereocenters. The largest absolute Gasteiger partial charge is 0.492 e. The van der Waals surface area contributed by atoms with Gasteiger partial charge < -0.3 is 5.11 Å². The van der Waals surface area contributed by atoms with E-state index in [-0.39, 0.29) is 5.88 Å². The Morgan fingerprint density at radius 3 is 1.78 bits per heavy atom. The van der Waals surface area contributed by atoms with E-state index in [1.54, 1.807) is 4.68 Å². The molecule has 0 aliphatic carbocycles. The average molecular weight is 495 g/mol. The van der Waals surface area contributed by atoms with E-state index in [0.29, 0.717) is 23.0 Å². The minimum absolute atomic E-state index is 0.0178. The number of aryl methyl sites for hydroxylation is 1. The third-order valence-corrected chi connectivity index (χ3v) is 5.86. The molecule has 0 aliphatic heterocycles. The van der Waals surface area contributed by atoms with Crippen LogP contribution in [0.1, 0.15) is 46.6 Å². The Balaban J connectivity index is 1.50. The first kappa shape index (κ1) is 25.9. The molecule has 3 aromatic carbocycles. The highest BCUT2D eigenvalue weighted by Gasteiger charge is 2.25. The van der Waals surface area contributed by atoms with E-state index in [9.17, 15) is 5.11 Å². The molecule has 7 heteroatoms. The summed E-state index contributed by atoms with van der Waals surface area (Å²) in [5.74, 6) is 0.676. The summed E-state index contributed by atoms with van der Waals surface area (Å²) >= 11 is 0. The highest BCUT2D eigenvalue weighted by molar-refractivity contribution is 5.75. The topological polar surface area (TPSA) is 87.5 Å². The molecule has 0 aliphatic rings. The summed E-state index contributed by atoms with van der Waals surface area (Å²) in [5, 5.41) is 33.0. The van der Waals surface area contributed by atoms with Crippen molar-refractivity contribution in [2.24, 2.45) is 26.4 Å². The number of rotatable bonds is 8. The summed E-state index contributed by atoms with van der Waals surface area (Å²) in [5.41, 5.74) is 4.85. The number of aromatic hydroxyl groups is 1. The lowest BCUT2D eigenvalue weighted by Crippen LogP contribution is -2.22. The molecule has 1 heterocycles. The van der Waals surface area contributed by atoms with Gasteiger partial charge in [-0.2, -0.15) is 20.4 Å². The number of aromatic nitrogens is 2. The normalized spacial score (nSPS) is 12.3. The maximum absolute atomic E-state index is 10.9. The van der Waals surface area contributed by atoms with Crippen molar-refractivity contribution in [3.05, 3.63) is 84.4 Å². The molecule has 0 fully saturated rings. The number of benzene rings is 3. The molecule has 1 aromatic heterocycles. The van der Waals surface area contributed by atoms with Crippen LogP contribution in [-0.2, 0) is 12.0 Å². The van der Waals surface area contributed by atoms with Crippen molar-refractivity contribution < 1.29 is 5.11 Å². The van der Waals surface area contributed by atoms with Gasteiger partial charge in [-0.1, -0.05) is 56.3 Å². The van der Waals surface area contributed by atoms with Crippen LogP contribution < -0.4 is 0 Å². The monoisotopic (exact) mass is 494 g/mol. The van der Waals surface area contributed by atoms with E-state index < -0.39 is 5.54 Å². The quantitative estimate of drug-likeness (QED) is 0.247. The van der Waals surface area contributed by atoms with Gasteiger partial charge in [-0.05, 0) is 81.5 Å². The van der Waals surface area contributed by atoms with Gasteiger partial charge in [-0.15, -0.1) is 5.11 Å². The van der Waals surface area contributed by atoms with Gasteiger partial charge in [0.2, 0.25) is 5.88 Å². The standard InChI is InChI=1S/C30H34N6O/c1-21(2)11-12-22-13-15-24(16-14-22)31-32-25-17-19-26(20-18-25)33-34-28-27(23-9-7-6-8-10-23)35-36(29(28)37)30(3,4)5/h6-10,13-21,37H,11-12H2,1-5H3/b32-31+,34-33+. The van der Waals surface area contributed by atoms with E-state index >= 15 is 0 Å². The van der Waals surface area contributed by atoms with Crippen molar-refractivity contribution >= 4 is 22.7 Å². The van der Waals surface area contributed by atoms with Crippen LogP contribution in [0, 0.1) is 5.92 Å². The lowest BCUT2D eigenvalue weighted by atomic mass is 10.0. The molecule has 1 N–H and O–H groups in total. The number of hydrogen-bond donors (Lipinski definition) is 1. The highest BCUT2D eigenvalue weighted by Crippen LogP contribution is 2.41. The third kappa shape index (κ3) is 6.76. The zero-order valence-corrected chi connectivity index (χ0v) is 22.1. The molecule has 190 valence electrons. The van der Waals surface area contributed by atoms with E-state index in [1.807, 2.05) is 87.5 Å². The Bertz CT molecular complexity index is 1360. The Hall–Kier alpha value is -4.13. The van der Waals surface area contributed by atoms with Gasteiger partial charge in [0.1, 0.15) is 5.69 Å². The van der Waals surface area contributed by atoms with E-state index in [0.717, 1.165) is 23.4 Å². The minimum atomic E-state index is -0.414. The van der Waals surface area contributed by atoms with Gasteiger partial charge >= 0.3 is 0 Å². The van der Waals surface area contributed by atoms with Gasteiger partial charge in [0.05, 0.1) is 22.6 Å². The fourth-order valence-corrected chi connectivity index (χ4v) is 3.74. The Morgan fingerprint density at radius 2 is 1.27 bits per heavy atom. The summed E-state index contributed by atoms with van der Waals surface area (Å²) in [6, 6.07) is 25.2. The molecule has 4 rings (SSSR count). The first-order chi connectivity index (χ1) is 17.7. The highest BCUT2D eigenvalue weighted by atomic mass is 16.3. The number of hydrogen-bond acceptors (Lipinski definition) is 6. The SMILES string of the molecule is CC(C)CCc1ccc(/N=N/c2ccc(/N=N/c3c(-c4ccccc4)nn(C(C)(C)C)c3O)cc2)cc1. The summed E-state index contributed by atoms with van der Waals surface area (Å²) < 4.78 is 1.57. The van der Waals surface area contributed by atoms with E-state index in [1.165, 1.54) is 12.0 Å². The van der Waals surface area contributed by atoms with Crippen LogP contribution >= 0.6 is 0 Å². The van der Waals surface area contributed by atoms with Gasteiger partial charge in [0.25, 0.3) is 0 Å². The first-order valence-corrected chi connectivity index (χ1v) is 12.6. The van der Waals surface area contributed by atoms with Crippen molar-refractivity contribution in [2.45, 2.75) is 53.0 Å².